The number of aromatic hydroxyl groups is 1. The number of Topliss-reactive ketones (excluding diaryl/α,β-unsaturated/α-hetero) is 1. The minimum absolute atomic E-state index is 0.0256. The molecule has 1 aromatic rings. The van der Waals surface area contributed by atoms with E-state index in [0.717, 1.165) is 5.70 Å². The molecule has 162 valence electrons. The van der Waals surface area contributed by atoms with E-state index in [-0.39, 0.29) is 29.3 Å². The lowest BCUT2D eigenvalue weighted by Gasteiger charge is -2.39. The van der Waals surface area contributed by atoms with Crippen molar-refractivity contribution >= 4 is 11.8 Å². The molecular formula is C23H29NO6. The summed E-state index contributed by atoms with van der Waals surface area (Å²) < 4.78 is 15.9. The Bertz CT molecular complexity index is 957. The van der Waals surface area contributed by atoms with Gasteiger partial charge < -0.3 is 24.6 Å². The maximum absolute atomic E-state index is 13.2. The highest BCUT2D eigenvalue weighted by Crippen LogP contribution is 2.49. The molecule has 1 aromatic carbocycles. The fourth-order valence-corrected chi connectivity index (χ4v) is 4.38. The largest absolute Gasteiger partial charge is 0.504 e. The molecule has 1 aliphatic carbocycles. The number of hydrogen-bond donors (Lipinski definition) is 2. The van der Waals surface area contributed by atoms with Gasteiger partial charge in [0.1, 0.15) is 0 Å². The van der Waals surface area contributed by atoms with E-state index < -0.39 is 11.9 Å². The first-order valence-electron chi connectivity index (χ1n) is 9.99. The van der Waals surface area contributed by atoms with E-state index >= 15 is 0 Å². The smallest absolute Gasteiger partial charge is 0.336 e. The van der Waals surface area contributed by atoms with Gasteiger partial charge in [-0.3, -0.25) is 4.79 Å². The summed E-state index contributed by atoms with van der Waals surface area (Å²) in [5.41, 5.74) is 2.71. The highest BCUT2D eigenvalue weighted by Gasteiger charge is 2.43. The third kappa shape index (κ3) is 3.76. The van der Waals surface area contributed by atoms with E-state index in [9.17, 15) is 14.7 Å². The molecule has 2 N–H and O–H groups in total. The monoisotopic (exact) mass is 415 g/mol. The Labute approximate surface area is 176 Å². The number of benzene rings is 1. The molecule has 0 spiro atoms. The van der Waals surface area contributed by atoms with E-state index in [1.807, 2.05) is 13.8 Å². The number of methoxy groups -OCH3 is 2. The first-order valence-corrected chi connectivity index (χ1v) is 9.99. The summed E-state index contributed by atoms with van der Waals surface area (Å²) in [7, 11) is 2.90. The number of esters is 1. The van der Waals surface area contributed by atoms with Gasteiger partial charge in [-0.15, -0.1) is 0 Å². The van der Waals surface area contributed by atoms with Crippen LogP contribution in [0.15, 0.2) is 34.7 Å². The lowest BCUT2D eigenvalue weighted by molar-refractivity contribution is -0.138. The zero-order valence-electron chi connectivity index (χ0n) is 18.3. The zero-order chi connectivity index (χ0) is 22.2. The van der Waals surface area contributed by atoms with Gasteiger partial charge >= 0.3 is 5.97 Å². The van der Waals surface area contributed by atoms with Crippen molar-refractivity contribution in [2.75, 3.05) is 20.8 Å². The number of ketones is 1. The molecule has 0 bridgehead atoms. The summed E-state index contributed by atoms with van der Waals surface area (Å²) in [4.78, 5) is 26.1. The highest BCUT2D eigenvalue weighted by molar-refractivity contribution is 6.04. The Hall–Kier alpha value is -2.96. The molecule has 1 heterocycles. The Morgan fingerprint density at radius 2 is 1.93 bits per heavy atom. The van der Waals surface area contributed by atoms with E-state index in [4.69, 9.17) is 14.2 Å². The zero-order valence-corrected chi connectivity index (χ0v) is 18.3. The van der Waals surface area contributed by atoms with E-state index in [2.05, 4.69) is 5.32 Å². The van der Waals surface area contributed by atoms with Crippen LogP contribution in [-0.2, 0) is 14.3 Å². The van der Waals surface area contributed by atoms with Crippen molar-refractivity contribution in [3.63, 3.8) is 0 Å². The average molecular weight is 415 g/mol. The highest BCUT2D eigenvalue weighted by atomic mass is 16.5. The van der Waals surface area contributed by atoms with Crippen LogP contribution in [0.3, 0.4) is 0 Å². The maximum atomic E-state index is 13.2. The summed E-state index contributed by atoms with van der Waals surface area (Å²) in [5, 5.41) is 13.8. The lowest BCUT2D eigenvalue weighted by Crippen LogP contribution is -2.38. The molecule has 0 unspecified atom stereocenters. The Morgan fingerprint density at radius 3 is 2.53 bits per heavy atom. The molecule has 0 radical (unpaired) electrons. The van der Waals surface area contributed by atoms with Gasteiger partial charge in [-0.2, -0.15) is 0 Å². The van der Waals surface area contributed by atoms with Gasteiger partial charge in [0.05, 0.1) is 26.4 Å². The molecule has 2 aliphatic rings. The maximum Gasteiger partial charge on any atom is 0.336 e. The van der Waals surface area contributed by atoms with Crippen molar-refractivity contribution in [2.24, 2.45) is 5.41 Å². The van der Waals surface area contributed by atoms with E-state index in [0.29, 0.717) is 41.0 Å². The molecule has 3 rings (SSSR count). The van der Waals surface area contributed by atoms with Gasteiger partial charge in [0, 0.05) is 29.3 Å². The van der Waals surface area contributed by atoms with Crippen LogP contribution < -0.4 is 14.8 Å². The van der Waals surface area contributed by atoms with Gasteiger partial charge in [0.25, 0.3) is 0 Å². The minimum Gasteiger partial charge on any atom is -0.504 e. The number of ether oxygens (including phenoxy) is 3. The fourth-order valence-electron chi connectivity index (χ4n) is 4.38. The third-order valence-corrected chi connectivity index (χ3v) is 5.55. The summed E-state index contributed by atoms with van der Waals surface area (Å²) in [6, 6.07) is 3.21. The van der Waals surface area contributed by atoms with Crippen molar-refractivity contribution < 1.29 is 28.9 Å². The van der Waals surface area contributed by atoms with Crippen LogP contribution in [0.5, 0.6) is 17.2 Å². The number of carbonyl (C=O) groups is 2. The molecule has 7 heteroatoms. The predicted octanol–water partition coefficient (Wildman–Crippen LogP) is 3.58. The summed E-state index contributed by atoms with van der Waals surface area (Å²) in [6.45, 7) is 7.85. The van der Waals surface area contributed by atoms with E-state index in [1.165, 1.54) is 20.3 Å². The molecule has 0 aromatic heterocycles. The Kier molecular flexibility index (Phi) is 5.83. The van der Waals surface area contributed by atoms with Crippen LogP contribution in [0.2, 0.25) is 0 Å². The Balaban J connectivity index is 2.25. The SMILES string of the molecule is CCOC(=O)C1=C(C)NC2=C(C(=O)CC(C)(C)C2)[C@@H]1c1cc(O)c(OC)c(OC)c1. The number of allylic oxidation sites excluding steroid dienone is 3. The molecule has 0 amide bonds. The van der Waals surface area contributed by atoms with Gasteiger partial charge in [-0.1, -0.05) is 13.8 Å². The quantitative estimate of drug-likeness (QED) is 0.710. The molecule has 1 aliphatic heterocycles. The minimum atomic E-state index is -0.672. The van der Waals surface area contributed by atoms with Gasteiger partial charge in [0.2, 0.25) is 5.75 Å². The molecule has 0 fully saturated rings. The van der Waals surface area contributed by atoms with Crippen molar-refractivity contribution in [3.05, 3.63) is 40.2 Å². The van der Waals surface area contributed by atoms with Crippen LogP contribution >= 0.6 is 0 Å². The molecule has 1 atom stereocenters. The second kappa shape index (κ2) is 8.05. The average Bonchev–Trinajstić information content (AvgIpc) is 2.65. The van der Waals surface area contributed by atoms with E-state index in [1.54, 1.807) is 19.9 Å². The lowest BCUT2D eigenvalue weighted by atomic mass is 9.68. The van der Waals surface area contributed by atoms with Crippen LogP contribution in [0.4, 0.5) is 0 Å². The number of dihydropyridines is 1. The van der Waals surface area contributed by atoms with Crippen molar-refractivity contribution in [3.8, 4) is 17.2 Å². The van der Waals surface area contributed by atoms with Gasteiger partial charge in [0.15, 0.2) is 17.3 Å². The number of hydrogen-bond acceptors (Lipinski definition) is 7. The first-order chi connectivity index (χ1) is 14.1. The molecule has 7 nitrogen and oxygen atoms in total. The fraction of sp³-hybridized carbons (Fsp3) is 0.478. The number of phenolic OH excluding ortho intramolecular Hbond substituents is 1. The van der Waals surface area contributed by atoms with Crippen molar-refractivity contribution in [2.45, 2.75) is 46.5 Å². The van der Waals surface area contributed by atoms with Gasteiger partial charge in [-0.25, -0.2) is 4.79 Å². The van der Waals surface area contributed by atoms with Crippen LogP contribution in [0.25, 0.3) is 0 Å². The van der Waals surface area contributed by atoms with Crippen LogP contribution in [-0.4, -0.2) is 37.7 Å². The van der Waals surface area contributed by atoms with Gasteiger partial charge in [-0.05, 0) is 43.4 Å². The van der Waals surface area contributed by atoms with Crippen LogP contribution in [0.1, 0.15) is 52.0 Å². The number of nitrogens with one attached hydrogen (secondary N) is 1. The molecule has 0 saturated heterocycles. The summed E-state index contributed by atoms with van der Waals surface area (Å²) in [5.74, 6) is -0.809. The molecule has 0 saturated carbocycles. The van der Waals surface area contributed by atoms with Crippen LogP contribution in [0, 0.1) is 5.41 Å². The number of rotatable bonds is 5. The summed E-state index contributed by atoms with van der Waals surface area (Å²) in [6.07, 6.45) is 1.05. The molecular weight excluding hydrogens is 386 g/mol. The molecule has 30 heavy (non-hydrogen) atoms. The van der Waals surface area contributed by atoms with Crippen molar-refractivity contribution in [1.29, 1.82) is 0 Å². The van der Waals surface area contributed by atoms with Crippen molar-refractivity contribution in [1.82, 2.24) is 5.32 Å². The predicted molar refractivity (Wildman–Crippen MR) is 111 cm³/mol. The second-order valence-electron chi connectivity index (χ2n) is 8.43. The first kappa shape index (κ1) is 21.7. The summed E-state index contributed by atoms with van der Waals surface area (Å²) >= 11 is 0. The second-order valence-corrected chi connectivity index (χ2v) is 8.43. The topological polar surface area (TPSA) is 94.1 Å². The standard InChI is InChI=1S/C23H29NO6/c1-7-30-22(27)18-12(2)24-14-10-23(3,4)11-16(26)20(14)19(18)13-8-15(25)21(29-6)17(9-13)28-5/h8-9,19,24-25H,7,10-11H2,1-6H3/t19-/m1/s1. The normalized spacial score (nSPS) is 20.5. The number of phenols is 1. The Morgan fingerprint density at radius 1 is 1.23 bits per heavy atom. The third-order valence-electron chi connectivity index (χ3n) is 5.55. The number of carbonyl (C=O) groups excluding carboxylic acids is 2.